The molecular formula is C19H25N. The van der Waals surface area contributed by atoms with E-state index in [0.29, 0.717) is 5.92 Å². The SMILES string of the molecule is CCNC(c1ccc(C)cc1)c1ccc(C(C)C)cc1. The first-order valence-electron chi connectivity index (χ1n) is 7.51. The molecular weight excluding hydrogens is 242 g/mol. The molecule has 0 fully saturated rings. The van der Waals surface area contributed by atoms with Gasteiger partial charge in [0.15, 0.2) is 0 Å². The van der Waals surface area contributed by atoms with Crippen LogP contribution in [0.15, 0.2) is 48.5 Å². The Hall–Kier alpha value is -1.60. The maximum absolute atomic E-state index is 3.58. The summed E-state index contributed by atoms with van der Waals surface area (Å²) in [5.74, 6) is 0.584. The van der Waals surface area contributed by atoms with E-state index in [4.69, 9.17) is 0 Å². The minimum absolute atomic E-state index is 0.279. The second-order valence-corrected chi connectivity index (χ2v) is 5.72. The summed E-state index contributed by atoms with van der Waals surface area (Å²) >= 11 is 0. The fourth-order valence-electron chi connectivity index (χ4n) is 2.46. The second kappa shape index (κ2) is 6.71. The molecule has 20 heavy (non-hydrogen) atoms. The Morgan fingerprint density at radius 1 is 0.800 bits per heavy atom. The van der Waals surface area contributed by atoms with Crippen LogP contribution in [-0.4, -0.2) is 6.54 Å². The van der Waals surface area contributed by atoms with Crippen molar-refractivity contribution in [2.45, 2.75) is 39.7 Å². The van der Waals surface area contributed by atoms with Gasteiger partial charge in [0.1, 0.15) is 0 Å². The molecule has 0 aromatic heterocycles. The molecule has 1 atom stereocenters. The molecule has 106 valence electrons. The monoisotopic (exact) mass is 267 g/mol. The Balaban J connectivity index is 2.30. The minimum Gasteiger partial charge on any atom is -0.307 e. The molecule has 0 aliphatic carbocycles. The highest BCUT2D eigenvalue weighted by Crippen LogP contribution is 2.24. The zero-order valence-corrected chi connectivity index (χ0v) is 13.0. The summed E-state index contributed by atoms with van der Waals surface area (Å²) in [6.07, 6.45) is 0. The normalized spacial score (nSPS) is 12.7. The average Bonchev–Trinajstić information content (AvgIpc) is 2.46. The molecule has 0 aliphatic heterocycles. The van der Waals surface area contributed by atoms with Crippen LogP contribution in [0.1, 0.15) is 55.0 Å². The van der Waals surface area contributed by atoms with Gasteiger partial charge in [0, 0.05) is 0 Å². The van der Waals surface area contributed by atoms with Crippen molar-refractivity contribution in [3.63, 3.8) is 0 Å². The van der Waals surface area contributed by atoms with E-state index >= 15 is 0 Å². The predicted molar refractivity (Wildman–Crippen MR) is 87.2 cm³/mol. The van der Waals surface area contributed by atoms with Crippen molar-refractivity contribution >= 4 is 0 Å². The van der Waals surface area contributed by atoms with E-state index in [-0.39, 0.29) is 6.04 Å². The maximum atomic E-state index is 3.58. The Bertz CT molecular complexity index is 523. The Labute approximate surface area is 123 Å². The number of nitrogens with one attached hydrogen (secondary N) is 1. The van der Waals surface area contributed by atoms with Crippen LogP contribution in [0.5, 0.6) is 0 Å². The van der Waals surface area contributed by atoms with Crippen molar-refractivity contribution in [2.24, 2.45) is 0 Å². The Morgan fingerprint density at radius 2 is 1.25 bits per heavy atom. The molecule has 0 amide bonds. The maximum Gasteiger partial charge on any atom is 0.0576 e. The van der Waals surface area contributed by atoms with Crippen molar-refractivity contribution in [1.82, 2.24) is 5.32 Å². The summed E-state index contributed by atoms with van der Waals surface area (Å²) in [4.78, 5) is 0. The van der Waals surface area contributed by atoms with Crippen LogP contribution in [-0.2, 0) is 0 Å². The van der Waals surface area contributed by atoms with Crippen molar-refractivity contribution in [3.05, 3.63) is 70.8 Å². The van der Waals surface area contributed by atoms with Gasteiger partial charge in [0.25, 0.3) is 0 Å². The number of aryl methyl sites for hydroxylation is 1. The highest BCUT2D eigenvalue weighted by atomic mass is 14.9. The smallest absolute Gasteiger partial charge is 0.0576 e. The Kier molecular flexibility index (Phi) is 4.97. The van der Waals surface area contributed by atoms with E-state index in [0.717, 1.165) is 6.54 Å². The molecule has 1 heteroatoms. The van der Waals surface area contributed by atoms with Crippen LogP contribution < -0.4 is 5.32 Å². The van der Waals surface area contributed by atoms with E-state index < -0.39 is 0 Å². The lowest BCUT2D eigenvalue weighted by molar-refractivity contribution is 0.630. The van der Waals surface area contributed by atoms with Crippen molar-refractivity contribution in [2.75, 3.05) is 6.54 Å². The largest absolute Gasteiger partial charge is 0.307 e. The first-order valence-corrected chi connectivity index (χ1v) is 7.51. The van der Waals surface area contributed by atoms with Crippen LogP contribution in [0.25, 0.3) is 0 Å². The number of benzene rings is 2. The molecule has 0 radical (unpaired) electrons. The molecule has 2 rings (SSSR count). The first-order chi connectivity index (χ1) is 9.61. The number of hydrogen-bond donors (Lipinski definition) is 1. The van der Waals surface area contributed by atoms with Gasteiger partial charge in [-0.05, 0) is 36.1 Å². The molecule has 1 nitrogen and oxygen atoms in total. The molecule has 2 aromatic carbocycles. The predicted octanol–water partition coefficient (Wildman–Crippen LogP) is 4.82. The van der Waals surface area contributed by atoms with Crippen molar-refractivity contribution < 1.29 is 0 Å². The summed E-state index contributed by atoms with van der Waals surface area (Å²) in [6.45, 7) is 9.71. The zero-order valence-electron chi connectivity index (χ0n) is 13.0. The quantitative estimate of drug-likeness (QED) is 0.819. The third-order valence-corrected chi connectivity index (χ3v) is 3.76. The second-order valence-electron chi connectivity index (χ2n) is 5.72. The van der Waals surface area contributed by atoms with E-state index in [1.807, 2.05) is 0 Å². The van der Waals surface area contributed by atoms with E-state index in [2.05, 4.69) is 81.5 Å². The van der Waals surface area contributed by atoms with Crippen LogP contribution in [0.4, 0.5) is 0 Å². The highest BCUT2D eigenvalue weighted by molar-refractivity contribution is 5.35. The van der Waals surface area contributed by atoms with Crippen LogP contribution in [0, 0.1) is 6.92 Å². The van der Waals surface area contributed by atoms with Crippen molar-refractivity contribution in [1.29, 1.82) is 0 Å². The van der Waals surface area contributed by atoms with Gasteiger partial charge >= 0.3 is 0 Å². The molecule has 0 spiro atoms. The molecule has 0 aliphatic rings. The standard InChI is InChI=1S/C19H25N/c1-5-20-19(17-8-6-15(4)7-9-17)18-12-10-16(11-13-18)14(2)3/h6-14,19-20H,5H2,1-4H3. The third-order valence-electron chi connectivity index (χ3n) is 3.76. The zero-order chi connectivity index (χ0) is 14.5. The molecule has 0 saturated heterocycles. The van der Waals surface area contributed by atoms with E-state index in [9.17, 15) is 0 Å². The van der Waals surface area contributed by atoms with Crippen LogP contribution >= 0.6 is 0 Å². The number of hydrogen-bond acceptors (Lipinski definition) is 1. The summed E-state index contributed by atoms with van der Waals surface area (Å²) in [5.41, 5.74) is 5.36. The van der Waals surface area contributed by atoms with Crippen LogP contribution in [0.3, 0.4) is 0 Å². The fourth-order valence-corrected chi connectivity index (χ4v) is 2.46. The van der Waals surface area contributed by atoms with Gasteiger partial charge in [-0.2, -0.15) is 0 Å². The lowest BCUT2D eigenvalue weighted by Gasteiger charge is -2.20. The van der Waals surface area contributed by atoms with Crippen molar-refractivity contribution in [3.8, 4) is 0 Å². The minimum atomic E-state index is 0.279. The average molecular weight is 267 g/mol. The fraction of sp³-hybridized carbons (Fsp3) is 0.368. The third kappa shape index (κ3) is 3.49. The molecule has 1 N–H and O–H groups in total. The molecule has 1 unspecified atom stereocenters. The molecule has 0 heterocycles. The molecule has 0 bridgehead atoms. The van der Waals surface area contributed by atoms with Gasteiger partial charge in [0.05, 0.1) is 6.04 Å². The number of rotatable bonds is 5. The topological polar surface area (TPSA) is 12.0 Å². The van der Waals surface area contributed by atoms with Gasteiger partial charge in [-0.15, -0.1) is 0 Å². The van der Waals surface area contributed by atoms with Gasteiger partial charge in [-0.25, -0.2) is 0 Å². The molecule has 0 saturated carbocycles. The lowest BCUT2D eigenvalue weighted by Crippen LogP contribution is -2.21. The summed E-state index contributed by atoms with van der Waals surface area (Å²) in [7, 11) is 0. The first kappa shape index (κ1) is 14.8. The van der Waals surface area contributed by atoms with Gasteiger partial charge in [-0.1, -0.05) is 74.9 Å². The summed E-state index contributed by atoms with van der Waals surface area (Å²) in [5, 5.41) is 3.58. The van der Waals surface area contributed by atoms with Gasteiger partial charge < -0.3 is 5.32 Å². The Morgan fingerprint density at radius 3 is 1.70 bits per heavy atom. The van der Waals surface area contributed by atoms with Gasteiger partial charge in [0.2, 0.25) is 0 Å². The van der Waals surface area contributed by atoms with E-state index in [1.54, 1.807) is 0 Å². The van der Waals surface area contributed by atoms with E-state index in [1.165, 1.54) is 22.3 Å². The molecule has 2 aromatic rings. The van der Waals surface area contributed by atoms with Gasteiger partial charge in [-0.3, -0.25) is 0 Å². The summed E-state index contributed by atoms with van der Waals surface area (Å²) in [6, 6.07) is 18.1. The highest BCUT2D eigenvalue weighted by Gasteiger charge is 2.12. The summed E-state index contributed by atoms with van der Waals surface area (Å²) < 4.78 is 0. The van der Waals surface area contributed by atoms with Crippen LogP contribution in [0.2, 0.25) is 0 Å². The lowest BCUT2D eigenvalue weighted by atomic mass is 9.95.